The Kier molecular flexibility index (Phi) is 4.17. The topological polar surface area (TPSA) is 72.8 Å². The van der Waals surface area contributed by atoms with Crippen molar-refractivity contribution in [2.75, 3.05) is 19.6 Å². The zero-order valence-electron chi connectivity index (χ0n) is 10.1. The number of carbonyl (C=O) groups is 1. The Hall–Kier alpha value is -1.59. The van der Waals surface area contributed by atoms with Gasteiger partial charge in [-0.3, -0.25) is 0 Å². The number of nitrogens with zero attached hydrogens (tertiary/aromatic N) is 1. The molecule has 1 saturated heterocycles. The third-order valence-corrected chi connectivity index (χ3v) is 3.25. The molecule has 1 amide bonds. The summed E-state index contributed by atoms with van der Waals surface area (Å²) in [5.41, 5.74) is 0.959. The van der Waals surface area contributed by atoms with Gasteiger partial charge in [-0.1, -0.05) is 30.3 Å². The van der Waals surface area contributed by atoms with Gasteiger partial charge in [0, 0.05) is 32.1 Å². The summed E-state index contributed by atoms with van der Waals surface area (Å²) in [6, 6.07) is 9.49. The lowest BCUT2D eigenvalue weighted by molar-refractivity contribution is 0.1000. The Bertz CT molecular complexity index is 396. The van der Waals surface area contributed by atoms with Crippen LogP contribution in [0.25, 0.3) is 0 Å². The number of amides is 1. The standard InChI is InChI=1S/C13H18N2O3/c16-12-7-14-6-11(12)9-15(13(17)18)8-10-4-2-1-3-5-10/h1-5,11-12,14,16H,6-9H2,(H,17,18)/t11-,12-/m1/s1. The van der Waals surface area contributed by atoms with Crippen molar-refractivity contribution in [1.29, 1.82) is 0 Å². The minimum atomic E-state index is -0.946. The van der Waals surface area contributed by atoms with Gasteiger partial charge in [0.05, 0.1) is 6.10 Å². The van der Waals surface area contributed by atoms with Gasteiger partial charge in [-0.05, 0) is 5.56 Å². The van der Waals surface area contributed by atoms with E-state index in [1.54, 1.807) is 0 Å². The number of β-amino-alcohol motifs (C(OH)–C–C–N with tert-alkyl or cyclic N) is 1. The number of carboxylic acid groups (broad SMARTS) is 1. The van der Waals surface area contributed by atoms with Crippen molar-refractivity contribution in [3.05, 3.63) is 35.9 Å². The molecular formula is C13H18N2O3. The van der Waals surface area contributed by atoms with Gasteiger partial charge in [0.2, 0.25) is 0 Å². The molecule has 3 N–H and O–H groups in total. The van der Waals surface area contributed by atoms with Gasteiger partial charge in [-0.15, -0.1) is 0 Å². The maximum atomic E-state index is 11.2. The molecule has 5 nitrogen and oxygen atoms in total. The number of aliphatic hydroxyl groups is 1. The van der Waals surface area contributed by atoms with Crippen LogP contribution in [0.3, 0.4) is 0 Å². The first-order chi connectivity index (χ1) is 8.66. The molecule has 0 radical (unpaired) electrons. The van der Waals surface area contributed by atoms with Crippen LogP contribution in [0.5, 0.6) is 0 Å². The van der Waals surface area contributed by atoms with Crippen LogP contribution in [0, 0.1) is 5.92 Å². The molecule has 1 aromatic rings. The van der Waals surface area contributed by atoms with E-state index >= 15 is 0 Å². The lowest BCUT2D eigenvalue weighted by Crippen LogP contribution is -2.37. The third kappa shape index (κ3) is 3.21. The third-order valence-electron chi connectivity index (χ3n) is 3.25. The van der Waals surface area contributed by atoms with E-state index in [2.05, 4.69) is 5.32 Å². The van der Waals surface area contributed by atoms with Crippen molar-refractivity contribution in [3.63, 3.8) is 0 Å². The predicted molar refractivity (Wildman–Crippen MR) is 67.2 cm³/mol. The van der Waals surface area contributed by atoms with Gasteiger partial charge in [0.15, 0.2) is 0 Å². The second-order valence-electron chi connectivity index (χ2n) is 4.63. The van der Waals surface area contributed by atoms with Gasteiger partial charge in [0.25, 0.3) is 0 Å². The molecule has 1 heterocycles. The SMILES string of the molecule is O=C(O)N(Cc1ccccc1)C[C@H]1CNC[C@H]1O. The van der Waals surface area contributed by atoms with Gasteiger partial charge in [0.1, 0.15) is 0 Å². The molecule has 0 bridgehead atoms. The fraction of sp³-hybridized carbons (Fsp3) is 0.462. The van der Waals surface area contributed by atoms with Crippen LogP contribution >= 0.6 is 0 Å². The molecule has 1 aliphatic rings. The fourth-order valence-corrected chi connectivity index (χ4v) is 2.20. The Balaban J connectivity index is 1.98. The summed E-state index contributed by atoms with van der Waals surface area (Å²) in [4.78, 5) is 12.6. The molecule has 2 rings (SSSR count). The van der Waals surface area contributed by atoms with Crippen LogP contribution in [0.2, 0.25) is 0 Å². The molecule has 0 aliphatic carbocycles. The summed E-state index contributed by atoms with van der Waals surface area (Å²) in [6.45, 7) is 1.93. The van der Waals surface area contributed by atoms with Gasteiger partial charge >= 0.3 is 6.09 Å². The second kappa shape index (κ2) is 5.84. The number of benzene rings is 1. The molecule has 98 valence electrons. The van der Waals surface area contributed by atoms with E-state index < -0.39 is 12.2 Å². The molecular weight excluding hydrogens is 232 g/mol. The summed E-state index contributed by atoms with van der Waals surface area (Å²) in [7, 11) is 0. The van der Waals surface area contributed by atoms with E-state index in [1.807, 2.05) is 30.3 Å². The molecule has 5 heteroatoms. The van der Waals surface area contributed by atoms with Crippen molar-refractivity contribution in [2.45, 2.75) is 12.6 Å². The first-order valence-electron chi connectivity index (χ1n) is 6.07. The van der Waals surface area contributed by atoms with Crippen molar-refractivity contribution >= 4 is 6.09 Å². The number of hydrogen-bond acceptors (Lipinski definition) is 3. The first kappa shape index (κ1) is 12.9. The molecule has 1 fully saturated rings. The highest BCUT2D eigenvalue weighted by molar-refractivity contribution is 5.65. The highest BCUT2D eigenvalue weighted by Gasteiger charge is 2.28. The van der Waals surface area contributed by atoms with E-state index in [9.17, 15) is 15.0 Å². The quantitative estimate of drug-likeness (QED) is 0.737. The average molecular weight is 250 g/mol. The fourth-order valence-electron chi connectivity index (χ4n) is 2.20. The minimum absolute atomic E-state index is 0.0233. The predicted octanol–water partition coefficient (Wildman–Crippen LogP) is 0.747. The first-order valence-corrected chi connectivity index (χ1v) is 6.07. The van der Waals surface area contributed by atoms with Crippen LogP contribution in [-0.4, -0.2) is 46.9 Å². The summed E-state index contributed by atoms with van der Waals surface area (Å²) >= 11 is 0. The molecule has 0 spiro atoms. The molecule has 1 aliphatic heterocycles. The molecule has 2 atom stereocenters. The van der Waals surface area contributed by atoms with E-state index in [1.165, 1.54) is 4.90 Å². The molecule has 18 heavy (non-hydrogen) atoms. The summed E-state index contributed by atoms with van der Waals surface area (Å²) < 4.78 is 0. The number of aliphatic hydroxyl groups excluding tert-OH is 1. The van der Waals surface area contributed by atoms with Gasteiger partial charge < -0.3 is 20.4 Å². The van der Waals surface area contributed by atoms with Gasteiger partial charge in [-0.2, -0.15) is 0 Å². The van der Waals surface area contributed by atoms with E-state index in [0.717, 1.165) is 5.56 Å². The average Bonchev–Trinajstić information content (AvgIpc) is 2.75. The number of rotatable bonds is 4. The zero-order valence-corrected chi connectivity index (χ0v) is 10.1. The lowest BCUT2D eigenvalue weighted by atomic mass is 10.1. The van der Waals surface area contributed by atoms with Crippen LogP contribution in [0.15, 0.2) is 30.3 Å². The maximum Gasteiger partial charge on any atom is 0.407 e. The summed E-state index contributed by atoms with van der Waals surface area (Å²) in [5.74, 6) is -0.0233. The number of hydrogen-bond donors (Lipinski definition) is 3. The summed E-state index contributed by atoms with van der Waals surface area (Å²) in [5, 5.41) is 22.0. The van der Waals surface area contributed by atoms with Gasteiger partial charge in [-0.25, -0.2) is 4.79 Å². The van der Waals surface area contributed by atoms with Crippen LogP contribution < -0.4 is 5.32 Å². The molecule has 1 aromatic carbocycles. The Morgan fingerprint density at radius 1 is 1.33 bits per heavy atom. The van der Waals surface area contributed by atoms with Crippen LogP contribution in [0.1, 0.15) is 5.56 Å². The van der Waals surface area contributed by atoms with Crippen LogP contribution in [-0.2, 0) is 6.54 Å². The van der Waals surface area contributed by atoms with E-state index in [-0.39, 0.29) is 5.92 Å². The molecule has 0 aromatic heterocycles. The largest absolute Gasteiger partial charge is 0.465 e. The van der Waals surface area contributed by atoms with Crippen molar-refractivity contribution < 1.29 is 15.0 Å². The molecule has 0 saturated carbocycles. The Labute approximate surface area is 106 Å². The maximum absolute atomic E-state index is 11.2. The Morgan fingerprint density at radius 2 is 2.06 bits per heavy atom. The van der Waals surface area contributed by atoms with Crippen LogP contribution in [0.4, 0.5) is 4.79 Å². The second-order valence-corrected chi connectivity index (χ2v) is 4.63. The van der Waals surface area contributed by atoms with Crippen molar-refractivity contribution in [3.8, 4) is 0 Å². The summed E-state index contributed by atoms with van der Waals surface area (Å²) in [6.07, 6.45) is -1.40. The van der Waals surface area contributed by atoms with E-state index in [4.69, 9.17) is 0 Å². The molecule has 0 unspecified atom stereocenters. The Morgan fingerprint density at radius 3 is 2.61 bits per heavy atom. The van der Waals surface area contributed by atoms with Crippen molar-refractivity contribution in [2.24, 2.45) is 5.92 Å². The lowest BCUT2D eigenvalue weighted by Gasteiger charge is -2.24. The smallest absolute Gasteiger partial charge is 0.407 e. The zero-order chi connectivity index (χ0) is 13.0. The highest BCUT2D eigenvalue weighted by atomic mass is 16.4. The van der Waals surface area contributed by atoms with E-state index in [0.29, 0.717) is 26.2 Å². The normalized spacial score (nSPS) is 22.9. The number of nitrogens with one attached hydrogen (secondary N) is 1. The monoisotopic (exact) mass is 250 g/mol. The highest BCUT2D eigenvalue weighted by Crippen LogP contribution is 2.13. The van der Waals surface area contributed by atoms with Crippen molar-refractivity contribution in [1.82, 2.24) is 10.2 Å². The minimum Gasteiger partial charge on any atom is -0.465 e.